The predicted octanol–water partition coefficient (Wildman–Crippen LogP) is 2.76. The number of methoxy groups -OCH3 is 1. The zero-order valence-electron chi connectivity index (χ0n) is 10.1. The molecule has 0 saturated heterocycles. The van der Waals surface area contributed by atoms with Gasteiger partial charge in [0.2, 0.25) is 0 Å². The van der Waals surface area contributed by atoms with Crippen molar-refractivity contribution in [2.45, 2.75) is 0 Å². The summed E-state index contributed by atoms with van der Waals surface area (Å²) < 4.78 is 5.04. The SMILES string of the molecule is COc1ccc(-c2nc3ncccc3[nH]2)c(O)c1.Cl. The number of H-pyrrole nitrogens is 1. The van der Waals surface area contributed by atoms with Gasteiger partial charge < -0.3 is 14.8 Å². The first kappa shape index (κ1) is 13.2. The minimum Gasteiger partial charge on any atom is -0.507 e. The van der Waals surface area contributed by atoms with Crippen LogP contribution in [0.2, 0.25) is 0 Å². The molecule has 0 fully saturated rings. The maximum Gasteiger partial charge on any atom is 0.178 e. The van der Waals surface area contributed by atoms with Crippen molar-refractivity contribution < 1.29 is 9.84 Å². The summed E-state index contributed by atoms with van der Waals surface area (Å²) in [5.41, 5.74) is 2.08. The highest BCUT2D eigenvalue weighted by Crippen LogP contribution is 2.31. The van der Waals surface area contributed by atoms with Gasteiger partial charge in [-0.25, -0.2) is 9.97 Å². The molecule has 19 heavy (non-hydrogen) atoms. The molecule has 5 nitrogen and oxygen atoms in total. The maximum absolute atomic E-state index is 9.94. The molecule has 0 saturated carbocycles. The molecule has 0 atom stereocenters. The number of phenolic OH excluding ortho intramolecular Hbond substituents is 1. The van der Waals surface area contributed by atoms with Crippen LogP contribution in [0.1, 0.15) is 0 Å². The summed E-state index contributed by atoms with van der Waals surface area (Å²) in [5.74, 6) is 1.31. The fourth-order valence-electron chi connectivity index (χ4n) is 1.81. The summed E-state index contributed by atoms with van der Waals surface area (Å²) in [4.78, 5) is 11.6. The van der Waals surface area contributed by atoms with Crippen molar-refractivity contribution in [3.8, 4) is 22.9 Å². The lowest BCUT2D eigenvalue weighted by atomic mass is 10.2. The number of hydrogen-bond donors (Lipinski definition) is 2. The van der Waals surface area contributed by atoms with Crippen LogP contribution in [0.4, 0.5) is 0 Å². The molecule has 2 heterocycles. The molecule has 0 amide bonds. The third-order valence-corrected chi connectivity index (χ3v) is 2.72. The van der Waals surface area contributed by atoms with Gasteiger partial charge in [-0.1, -0.05) is 0 Å². The quantitative estimate of drug-likeness (QED) is 0.755. The number of fused-ring (bicyclic) bond motifs is 1. The van der Waals surface area contributed by atoms with E-state index in [1.165, 1.54) is 0 Å². The third-order valence-electron chi connectivity index (χ3n) is 2.72. The number of phenols is 1. The summed E-state index contributed by atoms with van der Waals surface area (Å²) in [7, 11) is 1.56. The van der Waals surface area contributed by atoms with Gasteiger partial charge in [0.25, 0.3) is 0 Å². The number of aromatic amines is 1. The van der Waals surface area contributed by atoms with E-state index >= 15 is 0 Å². The highest BCUT2D eigenvalue weighted by molar-refractivity contribution is 5.85. The van der Waals surface area contributed by atoms with Gasteiger partial charge in [-0.3, -0.25) is 0 Å². The van der Waals surface area contributed by atoms with Crippen LogP contribution < -0.4 is 4.74 Å². The van der Waals surface area contributed by atoms with Crippen LogP contribution in [-0.2, 0) is 0 Å². The van der Waals surface area contributed by atoms with E-state index in [2.05, 4.69) is 15.0 Å². The van der Waals surface area contributed by atoms with Crippen molar-refractivity contribution in [1.29, 1.82) is 0 Å². The Morgan fingerprint density at radius 2 is 2.11 bits per heavy atom. The van der Waals surface area contributed by atoms with Crippen LogP contribution in [0, 0.1) is 0 Å². The molecule has 0 spiro atoms. The average molecular weight is 278 g/mol. The Morgan fingerprint density at radius 1 is 1.26 bits per heavy atom. The highest BCUT2D eigenvalue weighted by Gasteiger charge is 2.10. The first-order valence-corrected chi connectivity index (χ1v) is 5.46. The number of imidazole rings is 1. The molecule has 98 valence electrons. The first-order chi connectivity index (χ1) is 8.78. The molecule has 3 aromatic rings. The first-order valence-electron chi connectivity index (χ1n) is 5.46. The lowest BCUT2D eigenvalue weighted by Crippen LogP contribution is -1.85. The van der Waals surface area contributed by atoms with E-state index < -0.39 is 0 Å². The number of nitrogens with zero attached hydrogens (tertiary/aromatic N) is 2. The van der Waals surface area contributed by atoms with E-state index in [0.717, 1.165) is 5.52 Å². The Morgan fingerprint density at radius 3 is 2.79 bits per heavy atom. The van der Waals surface area contributed by atoms with Crippen LogP contribution in [0.5, 0.6) is 11.5 Å². The van der Waals surface area contributed by atoms with Gasteiger partial charge in [-0.05, 0) is 24.3 Å². The molecule has 0 unspecified atom stereocenters. The Balaban J connectivity index is 0.00000133. The Bertz CT molecular complexity index is 679. The second-order valence-electron chi connectivity index (χ2n) is 3.84. The number of ether oxygens (including phenoxy) is 1. The van der Waals surface area contributed by atoms with Crippen LogP contribution in [0.3, 0.4) is 0 Å². The van der Waals surface area contributed by atoms with Crippen molar-refractivity contribution in [3.05, 3.63) is 36.5 Å². The van der Waals surface area contributed by atoms with Crippen molar-refractivity contribution in [2.75, 3.05) is 7.11 Å². The Kier molecular flexibility index (Phi) is 3.57. The fourth-order valence-corrected chi connectivity index (χ4v) is 1.81. The number of aromatic nitrogens is 3. The van der Waals surface area contributed by atoms with Gasteiger partial charge in [-0.15, -0.1) is 12.4 Å². The number of pyridine rings is 1. The Labute approximate surface area is 115 Å². The van der Waals surface area contributed by atoms with E-state index in [9.17, 15) is 5.11 Å². The second-order valence-corrected chi connectivity index (χ2v) is 3.84. The summed E-state index contributed by atoms with van der Waals surface area (Å²) >= 11 is 0. The van der Waals surface area contributed by atoms with Crippen molar-refractivity contribution in [2.24, 2.45) is 0 Å². The molecule has 6 heteroatoms. The van der Waals surface area contributed by atoms with Crippen LogP contribution >= 0.6 is 12.4 Å². The lowest BCUT2D eigenvalue weighted by molar-refractivity contribution is 0.408. The molecule has 2 N–H and O–H groups in total. The van der Waals surface area contributed by atoms with Gasteiger partial charge in [0.1, 0.15) is 17.3 Å². The predicted molar refractivity (Wildman–Crippen MR) is 74.8 cm³/mol. The zero-order valence-corrected chi connectivity index (χ0v) is 10.9. The largest absolute Gasteiger partial charge is 0.507 e. The standard InChI is InChI=1S/C13H11N3O2.ClH/c1-18-8-4-5-9(11(17)7-8)12-15-10-3-2-6-14-13(10)16-12;/h2-7,17H,1H3,(H,14,15,16);1H. The van der Waals surface area contributed by atoms with Crippen LogP contribution in [-0.4, -0.2) is 27.2 Å². The number of nitrogens with one attached hydrogen (secondary N) is 1. The summed E-state index contributed by atoms with van der Waals surface area (Å²) in [6, 6.07) is 8.80. The minimum atomic E-state index is 0. The molecule has 0 radical (unpaired) electrons. The average Bonchev–Trinajstić information content (AvgIpc) is 2.81. The fraction of sp³-hybridized carbons (Fsp3) is 0.0769. The summed E-state index contributed by atoms with van der Waals surface area (Å²) in [6.07, 6.45) is 1.68. The smallest absolute Gasteiger partial charge is 0.178 e. The number of aromatic hydroxyl groups is 1. The topological polar surface area (TPSA) is 71.0 Å². The number of benzene rings is 1. The summed E-state index contributed by atoms with van der Waals surface area (Å²) in [5, 5.41) is 9.94. The molecular weight excluding hydrogens is 266 g/mol. The number of rotatable bonds is 2. The van der Waals surface area contributed by atoms with Gasteiger partial charge in [0, 0.05) is 12.3 Å². The molecule has 0 bridgehead atoms. The van der Waals surface area contributed by atoms with Crippen LogP contribution in [0.15, 0.2) is 36.5 Å². The molecule has 2 aromatic heterocycles. The Hall–Kier alpha value is -2.27. The van der Waals surface area contributed by atoms with Crippen molar-refractivity contribution >= 4 is 23.6 Å². The second kappa shape index (κ2) is 5.16. The molecule has 3 rings (SSSR count). The lowest BCUT2D eigenvalue weighted by Gasteiger charge is -2.03. The number of hydrogen-bond acceptors (Lipinski definition) is 4. The molecule has 0 aliphatic rings. The minimum absolute atomic E-state index is 0. The third kappa shape index (κ3) is 2.32. The molecule has 1 aromatic carbocycles. The molecule has 0 aliphatic heterocycles. The molecular formula is C13H12ClN3O2. The van der Waals surface area contributed by atoms with Gasteiger partial charge in [0.05, 0.1) is 18.2 Å². The van der Waals surface area contributed by atoms with E-state index in [4.69, 9.17) is 4.74 Å². The maximum atomic E-state index is 9.94. The monoisotopic (exact) mass is 277 g/mol. The van der Waals surface area contributed by atoms with E-state index in [1.807, 2.05) is 12.1 Å². The zero-order chi connectivity index (χ0) is 12.5. The van der Waals surface area contributed by atoms with Gasteiger partial charge in [-0.2, -0.15) is 0 Å². The van der Waals surface area contributed by atoms with Crippen molar-refractivity contribution in [1.82, 2.24) is 15.0 Å². The van der Waals surface area contributed by atoms with Gasteiger partial charge >= 0.3 is 0 Å². The van der Waals surface area contributed by atoms with E-state index in [-0.39, 0.29) is 18.2 Å². The number of halogens is 1. The normalized spacial score (nSPS) is 10.2. The van der Waals surface area contributed by atoms with Gasteiger partial charge in [0.15, 0.2) is 5.65 Å². The van der Waals surface area contributed by atoms with E-state index in [0.29, 0.717) is 22.8 Å². The molecule has 0 aliphatic carbocycles. The van der Waals surface area contributed by atoms with Crippen molar-refractivity contribution in [3.63, 3.8) is 0 Å². The summed E-state index contributed by atoms with van der Waals surface area (Å²) in [6.45, 7) is 0. The van der Waals surface area contributed by atoms with Crippen LogP contribution in [0.25, 0.3) is 22.6 Å². The highest BCUT2D eigenvalue weighted by atomic mass is 35.5. The van der Waals surface area contributed by atoms with E-state index in [1.54, 1.807) is 31.5 Å².